The summed E-state index contributed by atoms with van der Waals surface area (Å²) in [6.45, 7) is 2.59. The van der Waals surface area contributed by atoms with Gasteiger partial charge in [0.05, 0.1) is 12.5 Å². The maximum absolute atomic E-state index is 12.6. The van der Waals surface area contributed by atoms with E-state index >= 15 is 0 Å². The van der Waals surface area contributed by atoms with Crippen LogP contribution in [0.15, 0.2) is 68.6 Å². The van der Waals surface area contributed by atoms with E-state index in [0.717, 1.165) is 30.8 Å². The first kappa shape index (κ1) is 22.2. The maximum atomic E-state index is 12.6. The Hall–Kier alpha value is -3.65. The normalized spacial score (nSPS) is 20.5. The lowest BCUT2D eigenvalue weighted by Crippen LogP contribution is -2.46. The molecule has 3 N–H and O–H groups in total. The molecular formula is C26H27N3O5. The van der Waals surface area contributed by atoms with Gasteiger partial charge in [-0.05, 0) is 24.0 Å². The van der Waals surface area contributed by atoms with Gasteiger partial charge in [0.1, 0.15) is 5.76 Å². The van der Waals surface area contributed by atoms with E-state index in [-0.39, 0.29) is 23.7 Å². The fourth-order valence-corrected chi connectivity index (χ4v) is 5.46. The topological polar surface area (TPSA) is 119 Å². The Bertz CT molecular complexity index is 1330. The van der Waals surface area contributed by atoms with E-state index in [1.807, 2.05) is 41.0 Å². The van der Waals surface area contributed by atoms with E-state index in [0.29, 0.717) is 24.8 Å². The van der Waals surface area contributed by atoms with E-state index in [1.165, 1.54) is 6.07 Å². The standard InChI is InChI=1S/C26H27N3O5/c27-23(31)11-20(17-5-2-1-3-6-17)26-25(33)22(30)10-19(34-26)15-28-12-16-9-18(14-28)21-7-4-8-24(32)29(21)13-16/h1-8,10,16,18,20,33H,9,11-15H2,(H2,27,31)/t16-,18+,20+/m0/s1. The monoisotopic (exact) mass is 461 g/mol. The molecule has 2 aliphatic heterocycles. The van der Waals surface area contributed by atoms with Crippen LogP contribution in [0.3, 0.4) is 0 Å². The lowest BCUT2D eigenvalue weighted by atomic mass is 9.83. The fraction of sp³-hybridized carbons (Fsp3) is 0.346. The van der Waals surface area contributed by atoms with E-state index in [9.17, 15) is 19.5 Å². The van der Waals surface area contributed by atoms with E-state index < -0.39 is 23.0 Å². The average molecular weight is 462 g/mol. The molecule has 3 atom stereocenters. The van der Waals surface area contributed by atoms with Crippen LogP contribution in [0, 0.1) is 5.92 Å². The highest BCUT2D eigenvalue weighted by atomic mass is 16.4. The molecule has 2 aliphatic rings. The first-order valence-electron chi connectivity index (χ1n) is 11.5. The minimum atomic E-state index is -0.661. The number of hydrogen-bond acceptors (Lipinski definition) is 6. The summed E-state index contributed by atoms with van der Waals surface area (Å²) in [5, 5.41) is 10.5. The van der Waals surface area contributed by atoms with Crippen LogP contribution < -0.4 is 16.7 Å². The van der Waals surface area contributed by atoms with Crippen molar-refractivity contribution in [2.45, 2.75) is 37.8 Å². The van der Waals surface area contributed by atoms with Crippen molar-refractivity contribution in [2.75, 3.05) is 13.1 Å². The number of amides is 1. The van der Waals surface area contributed by atoms with Crippen LogP contribution in [0.5, 0.6) is 5.75 Å². The first-order valence-corrected chi connectivity index (χ1v) is 11.5. The Balaban J connectivity index is 1.44. The maximum Gasteiger partial charge on any atom is 0.250 e. The third-order valence-corrected chi connectivity index (χ3v) is 6.86. The number of rotatable bonds is 6. The molecule has 2 aromatic heterocycles. The number of piperidine rings is 1. The molecule has 3 aromatic rings. The van der Waals surface area contributed by atoms with E-state index in [2.05, 4.69) is 4.90 Å². The second-order valence-corrected chi connectivity index (χ2v) is 9.32. The highest BCUT2D eigenvalue weighted by Gasteiger charge is 2.35. The average Bonchev–Trinajstić information content (AvgIpc) is 2.81. The molecule has 1 saturated heterocycles. The van der Waals surface area contributed by atoms with Gasteiger partial charge >= 0.3 is 0 Å². The lowest BCUT2D eigenvalue weighted by molar-refractivity contribution is -0.118. The SMILES string of the molecule is NC(=O)C[C@H](c1ccccc1)c1oc(CN2C[C@@H]3C[C@H](C2)c2cccc(=O)n2C3)cc(=O)c1O. The molecule has 0 unspecified atom stereocenters. The highest BCUT2D eigenvalue weighted by molar-refractivity contribution is 5.75. The van der Waals surface area contributed by atoms with Crippen LogP contribution in [0.2, 0.25) is 0 Å². The van der Waals surface area contributed by atoms with Gasteiger partial charge in [0.2, 0.25) is 17.1 Å². The van der Waals surface area contributed by atoms with Crippen molar-refractivity contribution in [1.82, 2.24) is 9.47 Å². The number of aromatic hydroxyl groups is 1. The van der Waals surface area contributed by atoms with Crippen molar-refractivity contribution in [2.24, 2.45) is 11.7 Å². The molecule has 0 radical (unpaired) electrons. The number of benzene rings is 1. The zero-order valence-corrected chi connectivity index (χ0v) is 18.7. The summed E-state index contributed by atoms with van der Waals surface area (Å²) in [6, 6.07) is 15.8. The molecule has 0 spiro atoms. The number of aromatic nitrogens is 1. The molecule has 0 saturated carbocycles. The summed E-state index contributed by atoms with van der Waals surface area (Å²) in [5.74, 6) is -0.666. The van der Waals surface area contributed by atoms with Crippen LogP contribution in [0.25, 0.3) is 0 Å². The van der Waals surface area contributed by atoms with Crippen molar-refractivity contribution in [3.05, 3.63) is 98.0 Å². The van der Waals surface area contributed by atoms with Crippen LogP contribution >= 0.6 is 0 Å². The first-order chi connectivity index (χ1) is 16.4. The molecule has 8 heteroatoms. The van der Waals surface area contributed by atoms with Gasteiger partial charge in [-0.25, -0.2) is 0 Å². The number of carbonyl (C=O) groups excluding carboxylic acids is 1. The van der Waals surface area contributed by atoms with Gasteiger partial charge in [-0.15, -0.1) is 0 Å². The fourth-order valence-electron chi connectivity index (χ4n) is 5.46. The summed E-state index contributed by atoms with van der Waals surface area (Å²) in [5.41, 5.74) is 6.74. The second-order valence-electron chi connectivity index (χ2n) is 9.32. The Labute approximate surface area is 196 Å². The number of fused-ring (bicyclic) bond motifs is 4. The van der Waals surface area contributed by atoms with Gasteiger partial charge in [-0.3, -0.25) is 19.3 Å². The van der Waals surface area contributed by atoms with Gasteiger partial charge < -0.3 is 19.8 Å². The van der Waals surface area contributed by atoms with Crippen molar-refractivity contribution in [3.63, 3.8) is 0 Å². The Morgan fingerprint density at radius 2 is 1.88 bits per heavy atom. The molecule has 4 heterocycles. The van der Waals surface area contributed by atoms with Crippen molar-refractivity contribution < 1.29 is 14.3 Å². The van der Waals surface area contributed by atoms with Crippen LogP contribution in [0.1, 0.15) is 47.5 Å². The molecule has 2 bridgehead atoms. The third-order valence-electron chi connectivity index (χ3n) is 6.86. The van der Waals surface area contributed by atoms with E-state index in [1.54, 1.807) is 12.1 Å². The van der Waals surface area contributed by atoms with Gasteiger partial charge in [0, 0.05) is 49.8 Å². The molecule has 8 nitrogen and oxygen atoms in total. The van der Waals surface area contributed by atoms with Gasteiger partial charge in [0.25, 0.3) is 5.56 Å². The van der Waals surface area contributed by atoms with Crippen LogP contribution in [-0.2, 0) is 17.9 Å². The smallest absolute Gasteiger partial charge is 0.250 e. The van der Waals surface area contributed by atoms with E-state index in [4.69, 9.17) is 10.2 Å². The molecule has 5 rings (SSSR count). The summed E-state index contributed by atoms with van der Waals surface area (Å²) in [7, 11) is 0. The minimum Gasteiger partial charge on any atom is -0.502 e. The quantitative estimate of drug-likeness (QED) is 0.581. The number of pyridine rings is 1. The summed E-state index contributed by atoms with van der Waals surface area (Å²) in [4.78, 5) is 38.9. The Morgan fingerprint density at radius 3 is 2.65 bits per heavy atom. The highest BCUT2D eigenvalue weighted by Crippen LogP contribution is 2.36. The van der Waals surface area contributed by atoms with Gasteiger partial charge in [-0.1, -0.05) is 36.4 Å². The van der Waals surface area contributed by atoms with Crippen LogP contribution in [0.4, 0.5) is 0 Å². The van der Waals surface area contributed by atoms with Gasteiger partial charge in [0.15, 0.2) is 5.76 Å². The molecule has 176 valence electrons. The number of likely N-dealkylation sites (tertiary alicyclic amines) is 1. The second kappa shape index (κ2) is 8.95. The number of nitrogens with zero attached hydrogens (tertiary/aromatic N) is 2. The predicted octanol–water partition coefficient (Wildman–Crippen LogP) is 2.13. The number of carbonyl (C=O) groups is 1. The lowest BCUT2D eigenvalue weighted by Gasteiger charge is -2.42. The van der Waals surface area contributed by atoms with Crippen molar-refractivity contribution >= 4 is 5.91 Å². The molecule has 1 fully saturated rings. The number of hydrogen-bond donors (Lipinski definition) is 2. The largest absolute Gasteiger partial charge is 0.502 e. The Kier molecular flexibility index (Phi) is 5.83. The van der Waals surface area contributed by atoms with Crippen molar-refractivity contribution in [3.8, 4) is 5.75 Å². The number of primary amides is 1. The molecule has 34 heavy (non-hydrogen) atoms. The summed E-state index contributed by atoms with van der Waals surface area (Å²) >= 11 is 0. The van der Waals surface area contributed by atoms with Crippen LogP contribution in [-0.4, -0.2) is 33.6 Å². The third kappa shape index (κ3) is 4.28. The summed E-state index contributed by atoms with van der Waals surface area (Å²) < 4.78 is 7.94. The molecule has 1 aromatic carbocycles. The Morgan fingerprint density at radius 1 is 1.09 bits per heavy atom. The van der Waals surface area contributed by atoms with Crippen molar-refractivity contribution in [1.29, 1.82) is 0 Å². The molecule has 0 aliphatic carbocycles. The summed E-state index contributed by atoms with van der Waals surface area (Å²) in [6.07, 6.45) is 0.933. The molecule has 1 amide bonds. The zero-order chi connectivity index (χ0) is 23.8. The predicted molar refractivity (Wildman–Crippen MR) is 126 cm³/mol. The molecular weight excluding hydrogens is 434 g/mol. The van der Waals surface area contributed by atoms with Gasteiger partial charge in [-0.2, -0.15) is 0 Å². The number of nitrogens with two attached hydrogens (primary N) is 1. The minimum absolute atomic E-state index is 0.0382. The zero-order valence-electron chi connectivity index (χ0n) is 18.7.